The van der Waals surface area contributed by atoms with Crippen LogP contribution in [0.25, 0.3) is 5.57 Å². The van der Waals surface area contributed by atoms with Gasteiger partial charge in [0.15, 0.2) is 0 Å². The first kappa shape index (κ1) is 24.2. The van der Waals surface area contributed by atoms with Crippen LogP contribution in [0.4, 0.5) is 0 Å². The molecule has 164 valence electrons. The first-order chi connectivity index (χ1) is 14.8. The summed E-state index contributed by atoms with van der Waals surface area (Å²) in [6.07, 6.45) is 4.13. The molecular formula is C28H35NO2. The lowest BCUT2D eigenvalue weighted by atomic mass is 9.89. The van der Waals surface area contributed by atoms with E-state index in [9.17, 15) is 0 Å². The first-order valence-electron chi connectivity index (χ1n) is 10.8. The maximum Gasteiger partial charge on any atom is 0.219 e. The number of hydrogen-bond acceptors (Lipinski definition) is 3. The first-order valence-corrected chi connectivity index (χ1v) is 10.8. The number of allylic oxidation sites excluding steroid dienone is 2. The van der Waals surface area contributed by atoms with Crippen molar-refractivity contribution in [1.29, 1.82) is 0 Å². The molecule has 0 aliphatic heterocycles. The van der Waals surface area contributed by atoms with Gasteiger partial charge in [-0.05, 0) is 75.4 Å². The van der Waals surface area contributed by atoms with Crippen molar-refractivity contribution in [1.82, 2.24) is 0 Å². The number of aryl methyl sites for hydroxylation is 4. The van der Waals surface area contributed by atoms with Crippen molar-refractivity contribution in [2.45, 2.75) is 41.5 Å². The average Bonchev–Trinajstić information content (AvgIpc) is 2.71. The Balaban J connectivity index is 2.74. The largest absolute Gasteiger partial charge is 0.494 e. The van der Waals surface area contributed by atoms with Gasteiger partial charge >= 0.3 is 0 Å². The third-order valence-corrected chi connectivity index (χ3v) is 5.09. The molecule has 0 saturated heterocycles. The third kappa shape index (κ3) is 6.21. The highest BCUT2D eigenvalue weighted by Gasteiger charge is 2.15. The number of rotatable bonds is 8. The maximum atomic E-state index is 5.76. The van der Waals surface area contributed by atoms with Crippen LogP contribution in [0.3, 0.4) is 0 Å². The molecule has 31 heavy (non-hydrogen) atoms. The molecule has 2 rings (SSSR count). The van der Waals surface area contributed by atoms with Gasteiger partial charge in [0.05, 0.1) is 18.8 Å². The molecule has 3 heteroatoms. The van der Waals surface area contributed by atoms with Gasteiger partial charge in [0, 0.05) is 7.05 Å². The third-order valence-electron chi connectivity index (χ3n) is 5.09. The van der Waals surface area contributed by atoms with Gasteiger partial charge in [-0.25, -0.2) is 0 Å². The normalized spacial score (nSPS) is 11.8. The fraction of sp³-hybridized carbons (Fsp3) is 0.321. The number of hydrogen-bond donors (Lipinski definition) is 0. The Hall–Kier alpha value is -3.07. The van der Waals surface area contributed by atoms with E-state index in [0.29, 0.717) is 24.9 Å². The number of nitrogens with zero attached hydrogens (tertiary/aromatic N) is 1. The van der Waals surface area contributed by atoms with Crippen LogP contribution in [0.1, 0.15) is 47.2 Å². The topological polar surface area (TPSA) is 30.8 Å². The molecule has 0 amide bonds. The maximum absolute atomic E-state index is 5.76. The van der Waals surface area contributed by atoms with Crippen molar-refractivity contribution in [3.05, 3.63) is 99.8 Å². The Labute approximate surface area is 187 Å². The Bertz CT molecular complexity index is 972. The molecule has 0 saturated carbocycles. The molecule has 0 unspecified atom stereocenters. The molecule has 0 aliphatic carbocycles. The second-order valence-corrected chi connectivity index (χ2v) is 7.62. The lowest BCUT2D eigenvalue weighted by Gasteiger charge is -2.16. The Morgan fingerprint density at radius 3 is 1.77 bits per heavy atom. The highest BCUT2D eigenvalue weighted by molar-refractivity contribution is 5.98. The molecule has 0 bridgehead atoms. The molecule has 0 spiro atoms. The molecule has 0 radical (unpaired) electrons. The van der Waals surface area contributed by atoms with Crippen LogP contribution < -0.4 is 0 Å². The van der Waals surface area contributed by atoms with E-state index in [-0.39, 0.29) is 0 Å². The highest BCUT2D eigenvalue weighted by atomic mass is 16.5. The lowest BCUT2D eigenvalue weighted by molar-refractivity contribution is 0.237. The Morgan fingerprint density at radius 2 is 1.35 bits per heavy atom. The highest BCUT2D eigenvalue weighted by Crippen LogP contribution is 2.30. The summed E-state index contributed by atoms with van der Waals surface area (Å²) >= 11 is 0. The molecular weight excluding hydrogens is 382 g/mol. The van der Waals surface area contributed by atoms with Gasteiger partial charge < -0.3 is 9.47 Å². The zero-order valence-electron chi connectivity index (χ0n) is 20.0. The van der Waals surface area contributed by atoms with Gasteiger partial charge in [-0.2, -0.15) is 0 Å². The van der Waals surface area contributed by atoms with Gasteiger partial charge in [-0.3, -0.25) is 4.99 Å². The minimum Gasteiger partial charge on any atom is -0.494 e. The smallest absolute Gasteiger partial charge is 0.219 e. The monoisotopic (exact) mass is 417 g/mol. The number of aliphatic imine (C=N–C) groups is 1. The number of ether oxygens (including phenoxy) is 2. The SMILES string of the molecule is C=C(OCC)/C(=C/C=C(c1ccc(C)cc1C)c1ccc(C)cc1C)C(=NC)OCC. The standard InChI is InChI=1S/C28H35NO2/c1-9-30-23(7)26(28(29-8)31-10-2)15-16-27(24-13-11-19(3)17-21(24)5)25-14-12-20(4)18-22(25)6/h11-18H,7,9-10H2,1-6,8H3/b26-15-,29-28?. The minimum absolute atomic E-state index is 0.522. The van der Waals surface area contributed by atoms with Crippen LogP contribution in [0.5, 0.6) is 0 Å². The fourth-order valence-electron chi connectivity index (χ4n) is 3.66. The molecule has 0 aliphatic rings. The van der Waals surface area contributed by atoms with Crippen LogP contribution in [0.2, 0.25) is 0 Å². The van der Waals surface area contributed by atoms with Crippen LogP contribution >= 0.6 is 0 Å². The van der Waals surface area contributed by atoms with Gasteiger partial charge in [0.25, 0.3) is 0 Å². The summed E-state index contributed by atoms with van der Waals surface area (Å²) in [4.78, 5) is 4.32. The second-order valence-electron chi connectivity index (χ2n) is 7.62. The van der Waals surface area contributed by atoms with Crippen molar-refractivity contribution < 1.29 is 9.47 Å². The molecule has 3 nitrogen and oxygen atoms in total. The van der Waals surface area contributed by atoms with Crippen molar-refractivity contribution in [2.24, 2.45) is 4.99 Å². The zero-order valence-corrected chi connectivity index (χ0v) is 20.0. The van der Waals surface area contributed by atoms with E-state index < -0.39 is 0 Å². The van der Waals surface area contributed by atoms with E-state index in [1.165, 1.54) is 33.4 Å². The van der Waals surface area contributed by atoms with E-state index in [0.717, 1.165) is 11.1 Å². The van der Waals surface area contributed by atoms with Crippen LogP contribution in [0.15, 0.2) is 71.5 Å². The molecule has 0 N–H and O–H groups in total. The Kier molecular flexibility index (Phi) is 8.87. The van der Waals surface area contributed by atoms with Gasteiger partial charge in [0.1, 0.15) is 5.76 Å². The molecule has 0 heterocycles. The molecule has 0 aromatic heterocycles. The molecule has 0 fully saturated rings. The van der Waals surface area contributed by atoms with Crippen LogP contribution in [0, 0.1) is 27.7 Å². The average molecular weight is 418 g/mol. The van der Waals surface area contributed by atoms with Crippen LogP contribution in [-0.4, -0.2) is 26.2 Å². The van der Waals surface area contributed by atoms with E-state index in [1.807, 2.05) is 19.9 Å². The minimum atomic E-state index is 0.522. The van der Waals surface area contributed by atoms with Crippen molar-refractivity contribution in [3.63, 3.8) is 0 Å². The summed E-state index contributed by atoms with van der Waals surface area (Å²) in [5, 5.41) is 0. The quantitative estimate of drug-likeness (QED) is 0.203. The van der Waals surface area contributed by atoms with E-state index in [2.05, 4.69) is 81.7 Å². The zero-order chi connectivity index (χ0) is 23.0. The van der Waals surface area contributed by atoms with Crippen molar-refractivity contribution in [3.8, 4) is 0 Å². The molecule has 2 aromatic rings. The summed E-state index contributed by atoms with van der Waals surface area (Å²) < 4.78 is 11.5. The summed E-state index contributed by atoms with van der Waals surface area (Å²) in [6.45, 7) is 17.6. The summed E-state index contributed by atoms with van der Waals surface area (Å²) in [5.74, 6) is 1.08. The summed E-state index contributed by atoms with van der Waals surface area (Å²) in [7, 11) is 1.72. The van der Waals surface area contributed by atoms with Crippen LogP contribution in [-0.2, 0) is 9.47 Å². The van der Waals surface area contributed by atoms with E-state index >= 15 is 0 Å². The summed E-state index contributed by atoms with van der Waals surface area (Å²) in [6, 6.07) is 13.1. The van der Waals surface area contributed by atoms with E-state index in [1.54, 1.807) is 7.05 Å². The Morgan fingerprint density at radius 1 is 0.839 bits per heavy atom. The van der Waals surface area contributed by atoms with Crippen molar-refractivity contribution in [2.75, 3.05) is 20.3 Å². The van der Waals surface area contributed by atoms with Gasteiger partial charge in [0.2, 0.25) is 5.90 Å². The van der Waals surface area contributed by atoms with Gasteiger partial charge in [-0.1, -0.05) is 60.2 Å². The number of benzene rings is 2. The van der Waals surface area contributed by atoms with Gasteiger partial charge in [-0.15, -0.1) is 0 Å². The fourth-order valence-corrected chi connectivity index (χ4v) is 3.66. The second kappa shape index (κ2) is 11.4. The predicted molar refractivity (Wildman–Crippen MR) is 133 cm³/mol. The summed E-state index contributed by atoms with van der Waals surface area (Å²) in [5.41, 5.74) is 9.25. The molecule has 0 atom stereocenters. The predicted octanol–water partition coefficient (Wildman–Crippen LogP) is 6.89. The van der Waals surface area contributed by atoms with E-state index in [4.69, 9.17) is 9.47 Å². The lowest BCUT2D eigenvalue weighted by Crippen LogP contribution is -2.11. The molecule has 2 aromatic carbocycles. The van der Waals surface area contributed by atoms with Crippen molar-refractivity contribution >= 4 is 11.5 Å².